The molecule has 5 nitrogen and oxygen atoms in total. The summed E-state index contributed by atoms with van der Waals surface area (Å²) in [7, 11) is 1.80. The van der Waals surface area contributed by atoms with Crippen molar-refractivity contribution in [2.45, 2.75) is 19.4 Å². The Hall–Kier alpha value is -2.30. The number of aliphatic imine (C=N–C) groups is 1. The van der Waals surface area contributed by atoms with Crippen LogP contribution in [0, 0.1) is 0 Å². The number of carbonyl (C=O) groups is 1. The first-order chi connectivity index (χ1) is 10.1. The van der Waals surface area contributed by atoms with Crippen LogP contribution in [0.4, 0.5) is 11.4 Å². The summed E-state index contributed by atoms with van der Waals surface area (Å²) in [6.45, 7) is 3.31. The van der Waals surface area contributed by atoms with Gasteiger partial charge in [0.05, 0.1) is 18.9 Å². The van der Waals surface area contributed by atoms with Crippen molar-refractivity contribution in [2.24, 2.45) is 4.99 Å². The van der Waals surface area contributed by atoms with E-state index in [0.29, 0.717) is 0 Å². The predicted molar refractivity (Wildman–Crippen MR) is 86.9 cm³/mol. The average Bonchev–Trinajstić information content (AvgIpc) is 2.99. The Labute approximate surface area is 124 Å². The lowest BCUT2D eigenvalue weighted by atomic mass is 9.94. The van der Waals surface area contributed by atoms with Crippen molar-refractivity contribution in [3.63, 3.8) is 0 Å². The number of benzene rings is 1. The number of nitrogens with one attached hydrogen (secondary N) is 2. The van der Waals surface area contributed by atoms with Crippen LogP contribution in [-0.4, -0.2) is 38.4 Å². The van der Waals surface area contributed by atoms with Gasteiger partial charge in [0.1, 0.15) is 0 Å². The van der Waals surface area contributed by atoms with Crippen LogP contribution in [0.5, 0.6) is 0 Å². The maximum atomic E-state index is 11.5. The number of hydrogen-bond donors (Lipinski definition) is 2. The fraction of sp³-hybridized carbons (Fsp3) is 0.375. The van der Waals surface area contributed by atoms with E-state index >= 15 is 0 Å². The zero-order valence-corrected chi connectivity index (χ0v) is 12.4. The number of nitrogens with zero attached hydrogens (tertiary/aromatic N) is 2. The van der Waals surface area contributed by atoms with Crippen molar-refractivity contribution in [3.05, 3.63) is 29.8 Å². The minimum atomic E-state index is 0.0371. The van der Waals surface area contributed by atoms with E-state index in [2.05, 4.69) is 33.8 Å². The molecule has 0 fully saturated rings. The van der Waals surface area contributed by atoms with Crippen LogP contribution in [0.25, 0.3) is 5.57 Å². The van der Waals surface area contributed by atoms with Crippen molar-refractivity contribution >= 4 is 29.2 Å². The van der Waals surface area contributed by atoms with Gasteiger partial charge in [-0.15, -0.1) is 0 Å². The monoisotopic (exact) mass is 284 g/mol. The maximum Gasteiger partial charge on any atom is 0.223 e. The van der Waals surface area contributed by atoms with Crippen LogP contribution in [0.1, 0.15) is 18.9 Å². The lowest BCUT2D eigenvalue weighted by molar-refractivity contribution is -0.116. The zero-order valence-electron chi connectivity index (χ0n) is 12.4. The highest BCUT2D eigenvalue weighted by molar-refractivity contribution is 5.92. The summed E-state index contributed by atoms with van der Waals surface area (Å²) >= 11 is 0. The Balaban J connectivity index is 1.95. The second kappa shape index (κ2) is 5.60. The molecule has 21 heavy (non-hydrogen) atoms. The highest BCUT2D eigenvalue weighted by atomic mass is 16.2. The van der Waals surface area contributed by atoms with Gasteiger partial charge in [-0.25, -0.2) is 0 Å². The smallest absolute Gasteiger partial charge is 0.223 e. The molecule has 2 heterocycles. The molecule has 1 amide bonds. The van der Waals surface area contributed by atoms with E-state index in [1.165, 1.54) is 11.1 Å². The third-order valence-electron chi connectivity index (χ3n) is 4.00. The molecular formula is C16H20N4O. The predicted octanol–water partition coefficient (Wildman–Crippen LogP) is 1.87. The van der Waals surface area contributed by atoms with Gasteiger partial charge >= 0.3 is 0 Å². The van der Waals surface area contributed by atoms with Crippen molar-refractivity contribution < 1.29 is 4.79 Å². The summed E-state index contributed by atoms with van der Waals surface area (Å²) in [6, 6.07) is 6.40. The first kappa shape index (κ1) is 13.7. The van der Waals surface area contributed by atoms with Gasteiger partial charge in [-0.1, -0.05) is 6.08 Å². The van der Waals surface area contributed by atoms with Gasteiger partial charge in [0, 0.05) is 37.5 Å². The van der Waals surface area contributed by atoms with E-state index in [1.54, 1.807) is 25.2 Å². The SMILES string of the molecule is CC(=O)N(C)c1ccc2c(c1)/C(=C/C1CN=CN1)CCN2. The molecule has 5 heteroatoms. The molecule has 1 aromatic carbocycles. The van der Waals surface area contributed by atoms with Gasteiger partial charge < -0.3 is 15.5 Å². The van der Waals surface area contributed by atoms with Crippen molar-refractivity contribution in [1.82, 2.24) is 5.32 Å². The minimum Gasteiger partial charge on any atom is -0.384 e. The van der Waals surface area contributed by atoms with Gasteiger partial charge in [0.2, 0.25) is 5.91 Å². The second-order valence-corrected chi connectivity index (χ2v) is 5.44. The molecule has 0 aliphatic carbocycles. The topological polar surface area (TPSA) is 56.7 Å². The van der Waals surface area contributed by atoms with Crippen molar-refractivity contribution in [3.8, 4) is 0 Å². The molecule has 1 unspecified atom stereocenters. The third-order valence-corrected chi connectivity index (χ3v) is 4.00. The number of amides is 1. The lowest BCUT2D eigenvalue weighted by Gasteiger charge is -2.24. The van der Waals surface area contributed by atoms with Gasteiger partial charge in [-0.3, -0.25) is 9.79 Å². The van der Waals surface area contributed by atoms with Crippen LogP contribution in [0.15, 0.2) is 29.3 Å². The Morgan fingerprint density at radius 1 is 1.48 bits per heavy atom. The fourth-order valence-corrected chi connectivity index (χ4v) is 2.69. The molecule has 3 rings (SSSR count). The molecule has 2 aliphatic heterocycles. The summed E-state index contributed by atoms with van der Waals surface area (Å²) in [5.41, 5.74) is 4.55. The summed E-state index contributed by atoms with van der Waals surface area (Å²) in [4.78, 5) is 17.4. The second-order valence-electron chi connectivity index (χ2n) is 5.44. The summed E-state index contributed by atoms with van der Waals surface area (Å²) in [6.07, 6.45) is 5.01. The Kier molecular flexibility index (Phi) is 3.64. The summed E-state index contributed by atoms with van der Waals surface area (Å²) < 4.78 is 0. The van der Waals surface area contributed by atoms with Crippen LogP contribution in [0.3, 0.4) is 0 Å². The molecule has 1 atom stereocenters. The van der Waals surface area contributed by atoms with Crippen molar-refractivity contribution in [1.29, 1.82) is 0 Å². The maximum absolute atomic E-state index is 11.5. The number of carbonyl (C=O) groups excluding carboxylic acids is 1. The van der Waals surface area contributed by atoms with Gasteiger partial charge in [0.25, 0.3) is 0 Å². The third kappa shape index (κ3) is 2.77. The minimum absolute atomic E-state index is 0.0371. The van der Waals surface area contributed by atoms with Crippen LogP contribution in [-0.2, 0) is 4.79 Å². The number of fused-ring (bicyclic) bond motifs is 1. The highest BCUT2D eigenvalue weighted by Gasteiger charge is 2.18. The standard InChI is InChI=1S/C16H20N4O/c1-11(21)20(2)14-3-4-16-15(8-14)12(5-6-18-16)7-13-9-17-10-19-13/h3-4,7-8,10,13,18H,5-6,9H2,1-2H3,(H,17,19)/b12-7+. The van der Waals surface area contributed by atoms with E-state index < -0.39 is 0 Å². The molecule has 110 valence electrons. The van der Waals surface area contributed by atoms with Gasteiger partial charge in [0.15, 0.2) is 0 Å². The molecule has 1 aromatic rings. The van der Waals surface area contributed by atoms with Gasteiger partial charge in [-0.05, 0) is 30.2 Å². The van der Waals surface area contributed by atoms with E-state index in [9.17, 15) is 4.79 Å². The highest BCUT2D eigenvalue weighted by Crippen LogP contribution is 2.34. The number of anilines is 2. The Bertz CT molecular complexity index is 613. The molecule has 0 spiro atoms. The normalized spacial score (nSPS) is 21.6. The molecular weight excluding hydrogens is 264 g/mol. The number of rotatable bonds is 2. The zero-order chi connectivity index (χ0) is 14.8. The molecule has 0 saturated carbocycles. The fourth-order valence-electron chi connectivity index (χ4n) is 2.69. The average molecular weight is 284 g/mol. The summed E-state index contributed by atoms with van der Waals surface area (Å²) in [5, 5.41) is 6.65. The number of hydrogen-bond acceptors (Lipinski definition) is 4. The van der Waals surface area contributed by atoms with E-state index in [4.69, 9.17) is 0 Å². The van der Waals surface area contributed by atoms with Crippen LogP contribution >= 0.6 is 0 Å². The molecule has 0 aromatic heterocycles. The summed E-state index contributed by atoms with van der Waals surface area (Å²) in [5.74, 6) is 0.0371. The van der Waals surface area contributed by atoms with E-state index in [1.807, 2.05) is 6.07 Å². The van der Waals surface area contributed by atoms with E-state index in [0.717, 1.165) is 30.9 Å². The molecule has 0 saturated heterocycles. The molecule has 0 bridgehead atoms. The molecule has 0 radical (unpaired) electrons. The lowest BCUT2D eigenvalue weighted by Crippen LogP contribution is -2.24. The van der Waals surface area contributed by atoms with Gasteiger partial charge in [-0.2, -0.15) is 0 Å². The quantitative estimate of drug-likeness (QED) is 0.871. The molecule has 2 aliphatic rings. The first-order valence-corrected chi connectivity index (χ1v) is 7.23. The Morgan fingerprint density at radius 2 is 2.33 bits per heavy atom. The first-order valence-electron chi connectivity index (χ1n) is 7.23. The Morgan fingerprint density at radius 3 is 3.05 bits per heavy atom. The van der Waals surface area contributed by atoms with E-state index in [-0.39, 0.29) is 11.9 Å². The van der Waals surface area contributed by atoms with Crippen LogP contribution < -0.4 is 15.5 Å². The molecule has 2 N–H and O–H groups in total. The van der Waals surface area contributed by atoms with Crippen LogP contribution in [0.2, 0.25) is 0 Å². The van der Waals surface area contributed by atoms with Crippen molar-refractivity contribution in [2.75, 3.05) is 30.4 Å². The largest absolute Gasteiger partial charge is 0.384 e.